The number of amides is 2. The summed E-state index contributed by atoms with van der Waals surface area (Å²) in [5.74, 6) is -2.14. The lowest BCUT2D eigenvalue weighted by Gasteiger charge is -2.17. The summed E-state index contributed by atoms with van der Waals surface area (Å²) in [5.41, 5.74) is 1.32. The first kappa shape index (κ1) is 21.2. The Morgan fingerprint density at radius 1 is 1.20 bits per heavy atom. The van der Waals surface area contributed by atoms with E-state index in [1.165, 1.54) is 30.1 Å². The zero-order chi connectivity index (χ0) is 22.1. The van der Waals surface area contributed by atoms with E-state index in [0.717, 1.165) is 0 Å². The molecule has 9 heteroatoms. The van der Waals surface area contributed by atoms with Gasteiger partial charge in [-0.25, -0.2) is 0 Å². The van der Waals surface area contributed by atoms with E-state index in [-0.39, 0.29) is 23.4 Å². The van der Waals surface area contributed by atoms with E-state index in [9.17, 15) is 27.9 Å². The predicted molar refractivity (Wildman–Crippen MR) is 102 cm³/mol. The molecule has 2 N–H and O–H groups in total. The normalized spacial score (nSPS) is 15.4. The van der Waals surface area contributed by atoms with Crippen molar-refractivity contribution in [2.24, 2.45) is 0 Å². The first-order chi connectivity index (χ1) is 14.1. The van der Waals surface area contributed by atoms with Crippen LogP contribution in [-0.2, 0) is 9.59 Å². The second-order valence-electron chi connectivity index (χ2n) is 6.85. The van der Waals surface area contributed by atoms with E-state index in [0.29, 0.717) is 11.1 Å². The Bertz CT molecular complexity index is 1020. The minimum absolute atomic E-state index is 0.00852. The third kappa shape index (κ3) is 4.56. The number of aliphatic hydroxyl groups is 1. The lowest BCUT2D eigenvalue weighted by atomic mass is 9.99. The highest BCUT2D eigenvalue weighted by atomic mass is 19.4. The minimum atomic E-state index is -4.82. The molecule has 1 aliphatic heterocycles. The number of nitrogens with one attached hydrogen (secondary N) is 1. The van der Waals surface area contributed by atoms with Gasteiger partial charge in [-0.05, 0) is 30.2 Å². The van der Waals surface area contributed by atoms with Crippen molar-refractivity contribution >= 4 is 11.8 Å². The van der Waals surface area contributed by atoms with Crippen LogP contribution in [0.2, 0.25) is 0 Å². The summed E-state index contributed by atoms with van der Waals surface area (Å²) in [6, 6.07) is 11.9. The summed E-state index contributed by atoms with van der Waals surface area (Å²) in [5, 5.41) is 12.5. The quantitative estimate of drug-likeness (QED) is 0.773. The second kappa shape index (κ2) is 8.10. The average Bonchev–Trinajstić information content (AvgIpc) is 2.94. The van der Waals surface area contributed by atoms with Gasteiger partial charge in [0.1, 0.15) is 5.75 Å². The minimum Gasteiger partial charge on any atom is -0.503 e. The maximum absolute atomic E-state index is 12.7. The van der Waals surface area contributed by atoms with Crippen LogP contribution in [-0.4, -0.2) is 41.8 Å². The molecule has 1 heterocycles. The number of benzene rings is 2. The van der Waals surface area contributed by atoms with Gasteiger partial charge in [0.2, 0.25) is 0 Å². The van der Waals surface area contributed by atoms with Crippen molar-refractivity contribution in [2.75, 3.05) is 13.6 Å². The molecule has 0 radical (unpaired) electrons. The number of aliphatic hydroxyl groups excluding tert-OH is 1. The molecule has 0 aliphatic carbocycles. The number of likely N-dealkylation sites (N-methyl/N-ethyl adjacent to an activating group) is 1. The molecule has 2 amide bonds. The van der Waals surface area contributed by atoms with Gasteiger partial charge in [-0.15, -0.1) is 13.2 Å². The van der Waals surface area contributed by atoms with Gasteiger partial charge in [0, 0.05) is 12.6 Å². The van der Waals surface area contributed by atoms with Gasteiger partial charge in [-0.3, -0.25) is 9.59 Å². The molecule has 0 spiro atoms. The number of ether oxygens (including phenoxy) is 1. The second-order valence-corrected chi connectivity index (χ2v) is 6.85. The van der Waals surface area contributed by atoms with E-state index in [4.69, 9.17) is 0 Å². The molecule has 2 aromatic carbocycles. The summed E-state index contributed by atoms with van der Waals surface area (Å²) in [6.45, 7) is 1.68. The predicted octanol–water partition coefficient (Wildman–Crippen LogP) is 3.71. The molecular weight excluding hydrogens is 401 g/mol. The zero-order valence-electron chi connectivity index (χ0n) is 16.2. The summed E-state index contributed by atoms with van der Waals surface area (Å²) in [7, 11) is 1.46. The van der Waals surface area contributed by atoms with Gasteiger partial charge in [-0.1, -0.05) is 36.4 Å². The van der Waals surface area contributed by atoms with E-state index >= 15 is 0 Å². The van der Waals surface area contributed by atoms with Gasteiger partial charge in [0.25, 0.3) is 11.8 Å². The molecule has 0 saturated heterocycles. The highest BCUT2D eigenvalue weighted by molar-refractivity contribution is 6.06. The maximum Gasteiger partial charge on any atom is 0.573 e. The Hall–Kier alpha value is -3.49. The fourth-order valence-electron chi connectivity index (χ4n) is 3.13. The molecule has 30 heavy (non-hydrogen) atoms. The van der Waals surface area contributed by atoms with E-state index in [2.05, 4.69) is 10.1 Å². The third-order valence-electron chi connectivity index (χ3n) is 4.66. The molecule has 1 atom stereocenters. The fraction of sp³-hybridized carbons (Fsp3) is 0.238. The van der Waals surface area contributed by atoms with Crippen LogP contribution < -0.4 is 10.1 Å². The zero-order valence-corrected chi connectivity index (χ0v) is 16.2. The van der Waals surface area contributed by atoms with Gasteiger partial charge in [0.05, 0.1) is 18.2 Å². The van der Waals surface area contributed by atoms with E-state index in [1.807, 2.05) is 0 Å². The molecule has 0 unspecified atom stereocenters. The molecule has 3 rings (SSSR count). The van der Waals surface area contributed by atoms with Crippen LogP contribution >= 0.6 is 0 Å². The molecule has 6 nitrogen and oxygen atoms in total. The molecule has 1 aliphatic rings. The van der Waals surface area contributed by atoms with Gasteiger partial charge < -0.3 is 20.1 Å². The summed E-state index contributed by atoms with van der Waals surface area (Å²) < 4.78 is 42.2. The first-order valence-electron chi connectivity index (χ1n) is 9.00. The Kier molecular flexibility index (Phi) is 5.73. The molecule has 158 valence electrons. The standard InChI is InChI=1S/C21H19F3N2O4/c1-12(25-19(28)16-11-26(2)20(29)18(16)27)13-6-5-7-14(10-13)15-8-3-4-9-17(15)30-21(22,23)24/h3-10,12,27H,11H2,1-2H3,(H,25,28)/t12-/m1/s1. The van der Waals surface area contributed by atoms with Crippen molar-refractivity contribution in [1.29, 1.82) is 0 Å². The number of rotatable bonds is 5. The number of nitrogens with zero attached hydrogens (tertiary/aromatic N) is 1. The van der Waals surface area contributed by atoms with Crippen molar-refractivity contribution in [3.8, 4) is 16.9 Å². The SMILES string of the molecule is C[C@@H](NC(=O)C1=C(O)C(=O)N(C)C1)c1cccc(-c2ccccc2OC(F)(F)F)c1. The smallest absolute Gasteiger partial charge is 0.503 e. The van der Waals surface area contributed by atoms with Crippen molar-refractivity contribution in [2.45, 2.75) is 19.3 Å². The van der Waals surface area contributed by atoms with Crippen molar-refractivity contribution in [3.05, 3.63) is 65.4 Å². The van der Waals surface area contributed by atoms with Gasteiger partial charge >= 0.3 is 6.36 Å². The van der Waals surface area contributed by atoms with Crippen molar-refractivity contribution in [3.63, 3.8) is 0 Å². The molecule has 2 aromatic rings. The summed E-state index contributed by atoms with van der Waals surface area (Å²) in [6.07, 6.45) is -4.82. The van der Waals surface area contributed by atoms with Crippen LogP contribution in [0.3, 0.4) is 0 Å². The summed E-state index contributed by atoms with van der Waals surface area (Å²) in [4.78, 5) is 25.3. The third-order valence-corrected chi connectivity index (χ3v) is 4.66. The topological polar surface area (TPSA) is 78.9 Å². The van der Waals surface area contributed by atoms with E-state index < -0.39 is 30.0 Å². The first-order valence-corrected chi connectivity index (χ1v) is 9.00. The summed E-state index contributed by atoms with van der Waals surface area (Å²) >= 11 is 0. The van der Waals surface area contributed by atoms with Crippen molar-refractivity contribution < 1.29 is 32.6 Å². The molecular formula is C21H19F3N2O4. The Morgan fingerprint density at radius 3 is 2.53 bits per heavy atom. The number of hydrogen-bond donors (Lipinski definition) is 2. The van der Waals surface area contributed by atoms with Crippen LogP contribution in [0.15, 0.2) is 59.9 Å². The number of halogens is 3. The lowest BCUT2D eigenvalue weighted by Crippen LogP contribution is -2.30. The van der Waals surface area contributed by atoms with Gasteiger partial charge in [0.15, 0.2) is 5.76 Å². The number of para-hydroxylation sites is 1. The Labute approximate surface area is 170 Å². The molecule has 0 saturated carbocycles. The highest BCUT2D eigenvalue weighted by Crippen LogP contribution is 2.34. The van der Waals surface area contributed by atoms with Crippen LogP contribution in [0.4, 0.5) is 13.2 Å². The molecule has 0 fully saturated rings. The van der Waals surface area contributed by atoms with Gasteiger partial charge in [-0.2, -0.15) is 0 Å². The highest BCUT2D eigenvalue weighted by Gasteiger charge is 2.33. The average molecular weight is 420 g/mol. The maximum atomic E-state index is 12.7. The monoisotopic (exact) mass is 420 g/mol. The van der Waals surface area contributed by atoms with Crippen LogP contribution in [0, 0.1) is 0 Å². The lowest BCUT2D eigenvalue weighted by molar-refractivity contribution is -0.274. The number of hydrogen-bond acceptors (Lipinski definition) is 4. The Morgan fingerprint density at radius 2 is 1.90 bits per heavy atom. The fourth-order valence-corrected chi connectivity index (χ4v) is 3.13. The van der Waals surface area contributed by atoms with Crippen LogP contribution in [0.1, 0.15) is 18.5 Å². The number of carbonyl (C=O) groups excluding carboxylic acids is 2. The van der Waals surface area contributed by atoms with Crippen LogP contribution in [0.25, 0.3) is 11.1 Å². The number of carbonyl (C=O) groups is 2. The largest absolute Gasteiger partial charge is 0.573 e. The molecule has 0 aromatic heterocycles. The Balaban J connectivity index is 1.83. The number of alkyl halides is 3. The van der Waals surface area contributed by atoms with Crippen molar-refractivity contribution in [1.82, 2.24) is 10.2 Å². The van der Waals surface area contributed by atoms with E-state index in [1.54, 1.807) is 37.3 Å². The molecule has 0 bridgehead atoms. The van der Waals surface area contributed by atoms with Crippen LogP contribution in [0.5, 0.6) is 5.75 Å².